The summed E-state index contributed by atoms with van der Waals surface area (Å²) in [6.07, 6.45) is 0. The second-order valence-electron chi connectivity index (χ2n) is 4.58. The van der Waals surface area contributed by atoms with Gasteiger partial charge >= 0.3 is 0 Å². The lowest BCUT2D eigenvalue weighted by molar-refractivity contribution is 0.405. The van der Waals surface area contributed by atoms with Gasteiger partial charge in [-0.25, -0.2) is 8.42 Å². The number of benzene rings is 2. The van der Waals surface area contributed by atoms with Crippen LogP contribution in [0, 0.1) is 6.92 Å². The number of aryl methyl sites for hydroxylation is 1. The standard InChI is InChI=1S/C15H16ClNO4S/c1-10-8-12(5-6-13(10)16)22(18,19)17-14-9-11(20-2)4-7-15(14)21-3/h4-9,17H,1-3H3. The first-order valence-electron chi connectivity index (χ1n) is 6.38. The quantitative estimate of drug-likeness (QED) is 0.904. The average molecular weight is 342 g/mol. The van der Waals surface area contributed by atoms with Gasteiger partial charge in [-0.3, -0.25) is 4.72 Å². The molecule has 0 aliphatic carbocycles. The molecular formula is C15H16ClNO4S. The number of halogens is 1. The number of methoxy groups -OCH3 is 2. The Morgan fingerprint density at radius 3 is 2.36 bits per heavy atom. The van der Waals surface area contributed by atoms with E-state index in [1.165, 1.54) is 26.4 Å². The minimum Gasteiger partial charge on any atom is -0.497 e. The monoisotopic (exact) mass is 341 g/mol. The third kappa shape index (κ3) is 3.45. The highest BCUT2D eigenvalue weighted by Crippen LogP contribution is 2.31. The largest absolute Gasteiger partial charge is 0.497 e. The van der Waals surface area contributed by atoms with Gasteiger partial charge in [-0.2, -0.15) is 0 Å². The molecule has 0 bridgehead atoms. The molecule has 118 valence electrons. The molecule has 2 aromatic carbocycles. The predicted molar refractivity (Wildman–Crippen MR) is 86.5 cm³/mol. The van der Waals surface area contributed by atoms with Gasteiger partial charge in [0.05, 0.1) is 24.8 Å². The topological polar surface area (TPSA) is 64.6 Å². The third-order valence-corrected chi connectivity index (χ3v) is 4.88. The maximum Gasteiger partial charge on any atom is 0.262 e. The second kappa shape index (κ2) is 6.46. The normalized spacial score (nSPS) is 11.1. The first kappa shape index (κ1) is 16.5. The highest BCUT2D eigenvalue weighted by molar-refractivity contribution is 7.92. The lowest BCUT2D eigenvalue weighted by Crippen LogP contribution is -2.14. The summed E-state index contributed by atoms with van der Waals surface area (Å²) in [5, 5.41) is 0.512. The molecule has 7 heteroatoms. The molecule has 2 rings (SSSR count). The summed E-state index contributed by atoms with van der Waals surface area (Å²) in [6, 6.07) is 9.38. The van der Waals surface area contributed by atoms with Crippen LogP contribution in [0.2, 0.25) is 5.02 Å². The summed E-state index contributed by atoms with van der Waals surface area (Å²) in [4.78, 5) is 0.124. The van der Waals surface area contributed by atoms with Crippen LogP contribution in [0.15, 0.2) is 41.3 Å². The van der Waals surface area contributed by atoms with Crippen molar-refractivity contribution in [1.82, 2.24) is 0 Å². The molecule has 0 aromatic heterocycles. The molecule has 0 fully saturated rings. The van der Waals surface area contributed by atoms with E-state index >= 15 is 0 Å². The third-order valence-electron chi connectivity index (χ3n) is 3.09. The zero-order chi connectivity index (χ0) is 16.3. The van der Waals surface area contributed by atoms with Gasteiger partial charge in [-0.05, 0) is 42.8 Å². The lowest BCUT2D eigenvalue weighted by atomic mass is 10.2. The van der Waals surface area contributed by atoms with Crippen LogP contribution in [0.4, 0.5) is 5.69 Å². The molecule has 2 aromatic rings. The molecule has 0 saturated carbocycles. The van der Waals surface area contributed by atoms with Crippen LogP contribution in [0.25, 0.3) is 0 Å². The number of hydrogen-bond acceptors (Lipinski definition) is 4. The fourth-order valence-corrected chi connectivity index (χ4v) is 3.15. The summed E-state index contributed by atoms with van der Waals surface area (Å²) in [6.45, 7) is 1.74. The molecule has 0 radical (unpaired) electrons. The molecule has 5 nitrogen and oxygen atoms in total. The minimum absolute atomic E-state index is 0.124. The van der Waals surface area contributed by atoms with Crippen molar-refractivity contribution < 1.29 is 17.9 Å². The minimum atomic E-state index is -3.75. The Kier molecular flexibility index (Phi) is 4.83. The first-order valence-corrected chi connectivity index (χ1v) is 8.24. The Labute approximate surface area is 134 Å². The number of sulfonamides is 1. The number of rotatable bonds is 5. The van der Waals surface area contributed by atoms with Crippen LogP contribution in [-0.4, -0.2) is 22.6 Å². The smallest absolute Gasteiger partial charge is 0.262 e. The number of ether oxygens (including phenoxy) is 2. The van der Waals surface area contributed by atoms with Gasteiger partial charge in [0.15, 0.2) is 0 Å². The molecule has 0 unspecified atom stereocenters. The van der Waals surface area contributed by atoms with Gasteiger partial charge in [-0.15, -0.1) is 0 Å². The Balaban J connectivity index is 2.41. The van der Waals surface area contributed by atoms with E-state index in [1.807, 2.05) is 0 Å². The summed E-state index contributed by atoms with van der Waals surface area (Å²) in [5.74, 6) is 0.917. The number of nitrogens with one attached hydrogen (secondary N) is 1. The van der Waals surface area contributed by atoms with Gasteiger partial charge in [0.25, 0.3) is 10.0 Å². The zero-order valence-corrected chi connectivity index (χ0v) is 14.0. The molecule has 0 saturated heterocycles. The highest BCUT2D eigenvalue weighted by Gasteiger charge is 2.18. The second-order valence-corrected chi connectivity index (χ2v) is 6.67. The predicted octanol–water partition coefficient (Wildman–Crippen LogP) is 3.47. The summed E-state index contributed by atoms with van der Waals surface area (Å²) in [5.41, 5.74) is 0.983. The zero-order valence-electron chi connectivity index (χ0n) is 12.4. The van der Waals surface area contributed by atoms with Crippen molar-refractivity contribution in [2.75, 3.05) is 18.9 Å². The highest BCUT2D eigenvalue weighted by atomic mass is 35.5. The van der Waals surface area contributed by atoms with Crippen molar-refractivity contribution in [3.8, 4) is 11.5 Å². The summed E-state index contributed by atoms with van der Waals surface area (Å²) < 4.78 is 37.7. The van der Waals surface area contributed by atoms with Gasteiger partial charge in [0.1, 0.15) is 11.5 Å². The van der Waals surface area contributed by atoms with E-state index in [1.54, 1.807) is 31.2 Å². The molecule has 0 atom stereocenters. The van der Waals surface area contributed by atoms with Gasteiger partial charge in [0, 0.05) is 11.1 Å². The van der Waals surface area contributed by atoms with Crippen LogP contribution in [0.5, 0.6) is 11.5 Å². The van der Waals surface area contributed by atoms with E-state index in [0.29, 0.717) is 27.8 Å². The SMILES string of the molecule is COc1ccc(OC)c(NS(=O)(=O)c2ccc(Cl)c(C)c2)c1. The number of hydrogen-bond donors (Lipinski definition) is 1. The van der Waals surface area contributed by atoms with Crippen LogP contribution in [0.3, 0.4) is 0 Å². The molecule has 22 heavy (non-hydrogen) atoms. The van der Waals surface area contributed by atoms with Crippen LogP contribution < -0.4 is 14.2 Å². The van der Waals surface area contributed by atoms with Gasteiger partial charge < -0.3 is 9.47 Å². The van der Waals surface area contributed by atoms with Crippen molar-refractivity contribution in [1.29, 1.82) is 0 Å². The number of anilines is 1. The molecule has 0 amide bonds. The molecule has 0 spiro atoms. The van der Waals surface area contributed by atoms with Crippen LogP contribution in [0.1, 0.15) is 5.56 Å². The van der Waals surface area contributed by atoms with Crippen molar-refractivity contribution in [3.63, 3.8) is 0 Å². The maximum atomic E-state index is 12.5. The van der Waals surface area contributed by atoms with Crippen molar-refractivity contribution in [3.05, 3.63) is 47.0 Å². The van der Waals surface area contributed by atoms with E-state index < -0.39 is 10.0 Å². The van der Waals surface area contributed by atoms with Crippen molar-refractivity contribution in [2.24, 2.45) is 0 Å². The molecule has 0 heterocycles. The van der Waals surface area contributed by atoms with Gasteiger partial charge in [-0.1, -0.05) is 11.6 Å². The molecule has 0 aliphatic heterocycles. The van der Waals surface area contributed by atoms with E-state index in [4.69, 9.17) is 21.1 Å². The Morgan fingerprint density at radius 2 is 1.77 bits per heavy atom. The van der Waals surface area contributed by atoms with Crippen molar-refractivity contribution >= 4 is 27.3 Å². The molecule has 1 N–H and O–H groups in total. The van der Waals surface area contributed by atoms with Crippen LogP contribution >= 0.6 is 11.6 Å². The Morgan fingerprint density at radius 1 is 1.05 bits per heavy atom. The van der Waals surface area contributed by atoms with Crippen molar-refractivity contribution in [2.45, 2.75) is 11.8 Å². The summed E-state index contributed by atoms with van der Waals surface area (Å²) in [7, 11) is -0.787. The van der Waals surface area contributed by atoms with E-state index in [0.717, 1.165) is 0 Å². The van der Waals surface area contributed by atoms with Gasteiger partial charge in [0.2, 0.25) is 0 Å². The first-order chi connectivity index (χ1) is 10.4. The summed E-state index contributed by atoms with van der Waals surface area (Å²) >= 11 is 5.93. The fourth-order valence-electron chi connectivity index (χ4n) is 1.88. The Hall–Kier alpha value is -1.92. The average Bonchev–Trinajstić information content (AvgIpc) is 2.49. The molecular weight excluding hydrogens is 326 g/mol. The maximum absolute atomic E-state index is 12.5. The molecule has 0 aliphatic rings. The van der Waals surface area contributed by atoms with E-state index in [9.17, 15) is 8.42 Å². The van der Waals surface area contributed by atoms with E-state index in [-0.39, 0.29) is 4.90 Å². The Bertz CT molecular complexity index is 790. The van der Waals surface area contributed by atoms with Crippen LogP contribution in [-0.2, 0) is 10.0 Å². The van der Waals surface area contributed by atoms with E-state index in [2.05, 4.69) is 4.72 Å². The fraction of sp³-hybridized carbons (Fsp3) is 0.200. The lowest BCUT2D eigenvalue weighted by Gasteiger charge is -2.13.